The summed E-state index contributed by atoms with van der Waals surface area (Å²) in [5.74, 6) is 0. The summed E-state index contributed by atoms with van der Waals surface area (Å²) in [5, 5.41) is 3.02. The van der Waals surface area contributed by atoms with Crippen molar-refractivity contribution in [2.24, 2.45) is 0 Å². The summed E-state index contributed by atoms with van der Waals surface area (Å²) in [6.07, 6.45) is 1.53. The molecule has 0 saturated carbocycles. The lowest BCUT2D eigenvalue weighted by Gasteiger charge is -2.27. The Morgan fingerprint density at radius 3 is 2.95 bits per heavy atom. The van der Waals surface area contributed by atoms with E-state index in [1.165, 1.54) is 11.3 Å². The van der Waals surface area contributed by atoms with Crippen LogP contribution in [-0.2, 0) is 21.3 Å². The molecule has 5 nitrogen and oxygen atoms in total. The van der Waals surface area contributed by atoms with Crippen molar-refractivity contribution >= 4 is 37.3 Å². The number of halogens is 1. The topological polar surface area (TPSA) is 67.4 Å². The van der Waals surface area contributed by atoms with Crippen LogP contribution in [0.15, 0.2) is 14.7 Å². The van der Waals surface area contributed by atoms with Gasteiger partial charge in [-0.1, -0.05) is 0 Å². The van der Waals surface area contributed by atoms with E-state index >= 15 is 0 Å². The smallest absolute Gasteiger partial charge is 0.242 e. The van der Waals surface area contributed by atoms with Crippen molar-refractivity contribution in [1.29, 1.82) is 0 Å². The van der Waals surface area contributed by atoms with Crippen LogP contribution in [0.5, 0.6) is 0 Å². The fourth-order valence-electron chi connectivity index (χ4n) is 2.23. The Morgan fingerprint density at radius 2 is 2.30 bits per heavy atom. The van der Waals surface area contributed by atoms with E-state index in [1.807, 2.05) is 14.0 Å². The molecule has 2 heterocycles. The molecule has 8 heteroatoms. The van der Waals surface area contributed by atoms with E-state index in [4.69, 9.17) is 4.74 Å². The molecule has 2 rings (SSSR count). The van der Waals surface area contributed by atoms with Gasteiger partial charge in [0.25, 0.3) is 0 Å². The zero-order chi connectivity index (χ0) is 14.8. The molecule has 1 fully saturated rings. The molecular weight excluding hydrogens is 364 g/mol. The van der Waals surface area contributed by atoms with E-state index in [-0.39, 0.29) is 12.1 Å². The first kappa shape index (κ1) is 16.4. The van der Waals surface area contributed by atoms with Crippen LogP contribution in [0.3, 0.4) is 0 Å². The largest absolute Gasteiger partial charge is 0.378 e. The standard InChI is InChI=1S/C12H19BrN2O3S2/c1-8-5-9(3-4-18-8)15-20(16,17)11-6-10(7-14-2)19-12(11)13/h6,8-9,14-15H,3-5,7H2,1-2H3. The minimum Gasteiger partial charge on any atom is -0.378 e. The molecule has 0 aromatic carbocycles. The monoisotopic (exact) mass is 382 g/mol. The van der Waals surface area contributed by atoms with Crippen molar-refractivity contribution in [2.45, 2.75) is 43.4 Å². The molecule has 1 aromatic rings. The van der Waals surface area contributed by atoms with Crippen molar-refractivity contribution in [2.75, 3.05) is 13.7 Å². The van der Waals surface area contributed by atoms with Gasteiger partial charge in [0.05, 0.1) is 9.89 Å². The van der Waals surface area contributed by atoms with Gasteiger partial charge in [-0.2, -0.15) is 0 Å². The third-order valence-electron chi connectivity index (χ3n) is 3.15. The number of ether oxygens (including phenoxy) is 1. The second-order valence-electron chi connectivity index (χ2n) is 4.90. The second-order valence-corrected chi connectivity index (χ2v) is 9.04. The summed E-state index contributed by atoms with van der Waals surface area (Å²) in [4.78, 5) is 1.31. The minimum atomic E-state index is -3.48. The minimum absolute atomic E-state index is 0.0525. The third-order valence-corrected chi connectivity index (χ3v) is 6.93. The van der Waals surface area contributed by atoms with E-state index in [2.05, 4.69) is 26.0 Å². The second kappa shape index (κ2) is 6.85. The molecule has 1 aliphatic rings. The Labute approximate surface area is 132 Å². The molecule has 0 spiro atoms. The van der Waals surface area contributed by atoms with Gasteiger partial charge < -0.3 is 10.1 Å². The number of thiophene rings is 1. The highest BCUT2D eigenvalue weighted by molar-refractivity contribution is 9.11. The molecule has 1 aromatic heterocycles. The van der Waals surface area contributed by atoms with Crippen molar-refractivity contribution in [3.8, 4) is 0 Å². The first-order chi connectivity index (χ1) is 9.42. The molecule has 0 radical (unpaired) electrons. The van der Waals surface area contributed by atoms with Crippen molar-refractivity contribution in [3.05, 3.63) is 14.7 Å². The molecule has 0 aliphatic carbocycles. The molecule has 2 unspecified atom stereocenters. The molecular formula is C12H19BrN2O3S2. The Morgan fingerprint density at radius 1 is 1.55 bits per heavy atom. The number of hydrogen-bond donors (Lipinski definition) is 2. The summed E-state index contributed by atoms with van der Waals surface area (Å²) >= 11 is 4.79. The van der Waals surface area contributed by atoms with Crippen LogP contribution < -0.4 is 10.0 Å². The van der Waals surface area contributed by atoms with Gasteiger partial charge in [0.1, 0.15) is 4.90 Å². The van der Waals surface area contributed by atoms with Gasteiger partial charge in [0.15, 0.2) is 0 Å². The van der Waals surface area contributed by atoms with Crippen molar-refractivity contribution < 1.29 is 13.2 Å². The van der Waals surface area contributed by atoms with Gasteiger partial charge in [-0.25, -0.2) is 13.1 Å². The Bertz CT molecular complexity index is 559. The van der Waals surface area contributed by atoms with Gasteiger partial charge in [-0.3, -0.25) is 0 Å². The predicted octanol–water partition coefficient (Wildman–Crippen LogP) is 2.08. The summed E-state index contributed by atoms with van der Waals surface area (Å²) in [6, 6.07) is 1.67. The van der Waals surface area contributed by atoms with Gasteiger partial charge >= 0.3 is 0 Å². The first-order valence-corrected chi connectivity index (χ1v) is 9.58. The fourth-order valence-corrected chi connectivity index (χ4v) is 6.21. The van der Waals surface area contributed by atoms with E-state index in [1.54, 1.807) is 6.07 Å². The fraction of sp³-hybridized carbons (Fsp3) is 0.667. The van der Waals surface area contributed by atoms with Gasteiger partial charge in [0, 0.05) is 24.1 Å². The maximum absolute atomic E-state index is 12.4. The zero-order valence-electron chi connectivity index (χ0n) is 11.5. The van der Waals surface area contributed by atoms with Gasteiger partial charge in [-0.05, 0) is 48.8 Å². The van der Waals surface area contributed by atoms with Crippen molar-refractivity contribution in [1.82, 2.24) is 10.0 Å². The van der Waals surface area contributed by atoms with Crippen LogP contribution in [0, 0.1) is 0 Å². The predicted molar refractivity (Wildman–Crippen MR) is 83.5 cm³/mol. The normalized spacial score (nSPS) is 23.9. The van der Waals surface area contributed by atoms with Gasteiger partial charge in [0.2, 0.25) is 10.0 Å². The van der Waals surface area contributed by atoms with Crippen LogP contribution >= 0.6 is 27.3 Å². The SMILES string of the molecule is CNCc1cc(S(=O)(=O)NC2CCOC(C)C2)c(Br)s1. The summed E-state index contributed by atoms with van der Waals surface area (Å²) in [5.41, 5.74) is 0. The van der Waals surface area contributed by atoms with E-state index in [0.717, 1.165) is 4.88 Å². The Balaban J connectivity index is 2.13. The molecule has 1 saturated heterocycles. The average molecular weight is 383 g/mol. The molecule has 0 amide bonds. The Kier molecular flexibility index (Phi) is 5.61. The first-order valence-electron chi connectivity index (χ1n) is 6.49. The van der Waals surface area contributed by atoms with E-state index in [0.29, 0.717) is 34.7 Å². The average Bonchev–Trinajstić information content (AvgIpc) is 2.71. The molecule has 2 atom stereocenters. The van der Waals surface area contributed by atoms with Crippen LogP contribution in [0.2, 0.25) is 0 Å². The summed E-state index contributed by atoms with van der Waals surface area (Å²) in [7, 11) is -1.64. The number of nitrogens with one attached hydrogen (secondary N) is 2. The van der Waals surface area contributed by atoms with Crippen LogP contribution in [0.1, 0.15) is 24.6 Å². The highest BCUT2D eigenvalue weighted by Gasteiger charge is 2.27. The van der Waals surface area contributed by atoms with Crippen LogP contribution in [0.25, 0.3) is 0 Å². The lowest BCUT2D eigenvalue weighted by molar-refractivity contribution is 0.0173. The number of sulfonamides is 1. The molecule has 20 heavy (non-hydrogen) atoms. The lowest BCUT2D eigenvalue weighted by Crippen LogP contribution is -2.41. The molecule has 2 N–H and O–H groups in total. The maximum Gasteiger partial charge on any atom is 0.242 e. The summed E-state index contributed by atoms with van der Waals surface area (Å²) < 4.78 is 33.8. The lowest BCUT2D eigenvalue weighted by atomic mass is 10.1. The van der Waals surface area contributed by atoms with Crippen molar-refractivity contribution in [3.63, 3.8) is 0 Å². The Hall–Kier alpha value is 0.01000. The quantitative estimate of drug-likeness (QED) is 0.817. The maximum atomic E-state index is 12.4. The van der Waals surface area contributed by atoms with Crippen LogP contribution in [0.4, 0.5) is 0 Å². The highest BCUT2D eigenvalue weighted by Crippen LogP contribution is 2.32. The van der Waals surface area contributed by atoms with Gasteiger partial charge in [-0.15, -0.1) is 11.3 Å². The summed E-state index contributed by atoms with van der Waals surface area (Å²) in [6.45, 7) is 3.23. The van der Waals surface area contributed by atoms with E-state index < -0.39 is 10.0 Å². The number of hydrogen-bond acceptors (Lipinski definition) is 5. The highest BCUT2D eigenvalue weighted by atomic mass is 79.9. The number of rotatable bonds is 5. The molecule has 114 valence electrons. The molecule has 1 aliphatic heterocycles. The molecule has 0 bridgehead atoms. The zero-order valence-corrected chi connectivity index (χ0v) is 14.7. The van der Waals surface area contributed by atoms with E-state index in [9.17, 15) is 8.42 Å². The third kappa shape index (κ3) is 4.02. The van der Waals surface area contributed by atoms with Crippen LogP contribution in [-0.4, -0.2) is 34.2 Å².